The Morgan fingerprint density at radius 1 is 0.909 bits per heavy atom. The molecule has 33 heavy (non-hydrogen) atoms. The lowest BCUT2D eigenvalue weighted by Crippen LogP contribution is -2.30. The maximum Gasteiger partial charge on any atom is 0.118 e. The SMILES string of the molecule is C=CC(=C)/C(C)=C(/C=C(/Br)C=C)C(C/C=C/Br)(c1ccc(OC)cc1)c1ccc(OC)cc1. The van der Waals surface area contributed by atoms with Crippen molar-refractivity contribution in [2.75, 3.05) is 14.2 Å². The summed E-state index contributed by atoms with van der Waals surface area (Å²) in [6.45, 7) is 14.2. The van der Waals surface area contributed by atoms with Gasteiger partial charge in [-0.2, -0.15) is 0 Å². The molecule has 2 rings (SSSR count). The third-order valence-corrected chi connectivity index (χ3v) is 6.67. The molecule has 4 heteroatoms. The third kappa shape index (κ3) is 6.07. The molecular formula is C29H30Br2O2. The first-order valence-corrected chi connectivity index (χ1v) is 12.2. The van der Waals surface area contributed by atoms with Crippen LogP contribution in [0.3, 0.4) is 0 Å². The predicted molar refractivity (Wildman–Crippen MR) is 149 cm³/mol. The van der Waals surface area contributed by atoms with Crippen LogP contribution in [0.4, 0.5) is 0 Å². The second kappa shape index (κ2) is 12.6. The summed E-state index contributed by atoms with van der Waals surface area (Å²) in [5, 5.41) is 0. The van der Waals surface area contributed by atoms with Crippen LogP contribution in [0.15, 0.2) is 119 Å². The van der Waals surface area contributed by atoms with E-state index in [1.165, 1.54) is 0 Å². The summed E-state index contributed by atoms with van der Waals surface area (Å²) in [6, 6.07) is 16.4. The van der Waals surface area contributed by atoms with Gasteiger partial charge in [0.05, 0.1) is 14.2 Å². The minimum absolute atomic E-state index is 0.541. The van der Waals surface area contributed by atoms with E-state index in [1.807, 2.05) is 29.3 Å². The molecule has 0 heterocycles. The van der Waals surface area contributed by atoms with Gasteiger partial charge in [0.1, 0.15) is 11.5 Å². The number of methoxy groups -OCH3 is 2. The molecule has 0 atom stereocenters. The number of hydrogen-bond donors (Lipinski definition) is 0. The Hall–Kier alpha value is -2.56. The summed E-state index contributed by atoms with van der Waals surface area (Å²) >= 11 is 7.13. The second-order valence-corrected chi connectivity index (χ2v) is 8.87. The van der Waals surface area contributed by atoms with Gasteiger partial charge in [-0.25, -0.2) is 0 Å². The zero-order valence-corrected chi connectivity index (χ0v) is 22.6. The lowest BCUT2D eigenvalue weighted by atomic mass is 9.65. The molecule has 0 amide bonds. The van der Waals surface area contributed by atoms with E-state index in [9.17, 15) is 0 Å². The Morgan fingerprint density at radius 2 is 1.39 bits per heavy atom. The van der Waals surface area contributed by atoms with E-state index < -0.39 is 5.41 Å². The lowest BCUT2D eigenvalue weighted by molar-refractivity contribution is 0.414. The van der Waals surface area contributed by atoms with Crippen LogP contribution in [0.25, 0.3) is 0 Å². The maximum atomic E-state index is 5.43. The molecule has 2 aromatic carbocycles. The van der Waals surface area contributed by atoms with Gasteiger partial charge in [-0.3, -0.25) is 0 Å². The Morgan fingerprint density at radius 3 is 1.76 bits per heavy atom. The first-order chi connectivity index (χ1) is 15.9. The van der Waals surface area contributed by atoms with Crippen molar-refractivity contribution in [3.63, 3.8) is 0 Å². The van der Waals surface area contributed by atoms with Gasteiger partial charge < -0.3 is 9.47 Å². The van der Waals surface area contributed by atoms with Crippen molar-refractivity contribution < 1.29 is 9.47 Å². The normalized spacial score (nSPS) is 12.8. The Bertz CT molecular complexity index is 1020. The van der Waals surface area contributed by atoms with Crippen molar-refractivity contribution in [1.29, 1.82) is 0 Å². The average molecular weight is 570 g/mol. The number of ether oxygens (including phenoxy) is 2. The third-order valence-electron chi connectivity index (χ3n) is 5.75. The zero-order chi connectivity index (χ0) is 24.4. The Labute approximate surface area is 215 Å². The number of allylic oxidation sites excluding steroid dienone is 8. The summed E-state index contributed by atoms with van der Waals surface area (Å²) in [5.74, 6) is 1.61. The van der Waals surface area contributed by atoms with E-state index in [4.69, 9.17) is 9.47 Å². The molecule has 0 spiro atoms. The monoisotopic (exact) mass is 568 g/mol. The molecule has 0 saturated heterocycles. The van der Waals surface area contributed by atoms with Crippen LogP contribution >= 0.6 is 31.9 Å². The minimum Gasteiger partial charge on any atom is -0.497 e. The van der Waals surface area contributed by atoms with E-state index in [-0.39, 0.29) is 0 Å². The first kappa shape index (κ1) is 26.7. The number of benzene rings is 2. The maximum absolute atomic E-state index is 5.43. The summed E-state index contributed by atoms with van der Waals surface area (Å²) < 4.78 is 11.7. The van der Waals surface area contributed by atoms with Crippen LogP contribution in [0.5, 0.6) is 11.5 Å². The molecule has 0 bridgehead atoms. The number of rotatable bonds is 11. The van der Waals surface area contributed by atoms with Crippen LogP contribution in [0.2, 0.25) is 0 Å². The van der Waals surface area contributed by atoms with Crippen molar-refractivity contribution in [2.24, 2.45) is 0 Å². The molecule has 0 radical (unpaired) electrons. The van der Waals surface area contributed by atoms with Crippen molar-refractivity contribution in [3.05, 3.63) is 130 Å². The highest BCUT2D eigenvalue weighted by Gasteiger charge is 2.38. The summed E-state index contributed by atoms with van der Waals surface area (Å²) in [6.07, 6.45) is 8.51. The summed E-state index contributed by atoms with van der Waals surface area (Å²) in [4.78, 5) is 1.90. The van der Waals surface area contributed by atoms with Crippen LogP contribution in [0, 0.1) is 0 Å². The fraction of sp³-hybridized carbons (Fsp3) is 0.172. The fourth-order valence-electron chi connectivity index (χ4n) is 3.87. The van der Waals surface area contributed by atoms with Gasteiger partial charge in [0.25, 0.3) is 0 Å². The lowest BCUT2D eigenvalue weighted by Gasteiger charge is -2.38. The molecule has 0 aliphatic carbocycles. The van der Waals surface area contributed by atoms with Crippen LogP contribution < -0.4 is 9.47 Å². The van der Waals surface area contributed by atoms with Gasteiger partial charge in [0.15, 0.2) is 0 Å². The van der Waals surface area contributed by atoms with Gasteiger partial charge in [0.2, 0.25) is 0 Å². The van der Waals surface area contributed by atoms with Gasteiger partial charge in [-0.1, -0.05) is 94.1 Å². The largest absolute Gasteiger partial charge is 0.497 e. The van der Waals surface area contributed by atoms with E-state index >= 15 is 0 Å². The van der Waals surface area contributed by atoms with Gasteiger partial charge in [-0.05, 0) is 76.5 Å². The fourth-order valence-corrected chi connectivity index (χ4v) is 4.29. The minimum atomic E-state index is -0.541. The zero-order valence-electron chi connectivity index (χ0n) is 19.4. The van der Waals surface area contributed by atoms with Crippen molar-refractivity contribution in [2.45, 2.75) is 18.8 Å². The van der Waals surface area contributed by atoms with E-state index in [0.29, 0.717) is 6.42 Å². The topological polar surface area (TPSA) is 18.5 Å². The molecule has 0 aromatic heterocycles. The standard InChI is InChI=1S/C29H30Br2O2/c1-7-21(3)22(4)28(20-25(31)8-2)29(18-9-19-30,23-10-14-26(32-5)15-11-23)24-12-16-27(33-6)17-13-24/h7-17,19-20H,1-3,18H2,4-6H3/b19-9+,25-20+,28-22-. The summed E-state index contributed by atoms with van der Waals surface area (Å²) in [5.41, 5.74) is 4.68. The molecule has 172 valence electrons. The van der Waals surface area contributed by atoms with Crippen LogP contribution in [-0.4, -0.2) is 14.2 Å². The molecule has 0 saturated carbocycles. The molecule has 0 fully saturated rings. The highest BCUT2D eigenvalue weighted by Crippen LogP contribution is 2.47. The van der Waals surface area contributed by atoms with Gasteiger partial charge in [0, 0.05) is 9.90 Å². The highest BCUT2D eigenvalue weighted by atomic mass is 79.9. The molecular weight excluding hydrogens is 540 g/mol. The van der Waals surface area contributed by atoms with E-state index in [0.717, 1.165) is 43.8 Å². The smallest absolute Gasteiger partial charge is 0.118 e. The molecule has 0 aliphatic rings. The van der Waals surface area contributed by atoms with Gasteiger partial charge in [-0.15, -0.1) is 0 Å². The first-order valence-electron chi connectivity index (χ1n) is 10.4. The quantitative estimate of drug-likeness (QED) is 0.252. The van der Waals surface area contributed by atoms with Crippen LogP contribution in [-0.2, 0) is 5.41 Å². The molecule has 0 N–H and O–H groups in total. The average Bonchev–Trinajstić information content (AvgIpc) is 2.87. The van der Waals surface area contributed by atoms with Crippen LogP contribution in [0.1, 0.15) is 24.5 Å². The number of hydrogen-bond acceptors (Lipinski definition) is 2. The van der Waals surface area contributed by atoms with E-state index in [2.05, 4.69) is 94.9 Å². The molecule has 0 unspecified atom stereocenters. The molecule has 2 aromatic rings. The van der Waals surface area contributed by atoms with E-state index in [1.54, 1.807) is 26.4 Å². The highest BCUT2D eigenvalue weighted by molar-refractivity contribution is 9.12. The Balaban J connectivity index is 3.06. The van der Waals surface area contributed by atoms with Gasteiger partial charge >= 0.3 is 0 Å². The summed E-state index contributed by atoms with van der Waals surface area (Å²) in [7, 11) is 3.35. The predicted octanol–water partition coefficient (Wildman–Crippen LogP) is 8.81. The van der Waals surface area contributed by atoms with Crippen molar-refractivity contribution >= 4 is 31.9 Å². The second-order valence-electron chi connectivity index (χ2n) is 7.43. The van der Waals surface area contributed by atoms with Crippen molar-refractivity contribution in [3.8, 4) is 11.5 Å². The number of halogens is 2. The Kier molecular flexibility index (Phi) is 10.2. The molecule has 2 nitrogen and oxygen atoms in total. The molecule has 0 aliphatic heterocycles. The van der Waals surface area contributed by atoms with Crippen molar-refractivity contribution in [1.82, 2.24) is 0 Å².